The maximum atomic E-state index is 12.8. The van der Waals surface area contributed by atoms with Gasteiger partial charge in [0.2, 0.25) is 0 Å². The first-order valence-corrected chi connectivity index (χ1v) is 4.49. The van der Waals surface area contributed by atoms with Gasteiger partial charge in [0, 0.05) is 0 Å². The Bertz CT molecular complexity index is 350. The maximum absolute atomic E-state index is 12.8. The van der Waals surface area contributed by atoms with Crippen LogP contribution in [0.15, 0.2) is 6.07 Å². The second-order valence-corrected chi connectivity index (χ2v) is 4.40. The van der Waals surface area contributed by atoms with Crippen molar-refractivity contribution in [3.05, 3.63) is 20.3 Å². The van der Waals surface area contributed by atoms with Gasteiger partial charge < -0.3 is 5.11 Å². The van der Waals surface area contributed by atoms with E-state index < -0.39 is 17.5 Å². The highest BCUT2D eigenvalue weighted by Crippen LogP contribution is 2.40. The molecule has 7 heteroatoms. The maximum Gasteiger partial charge on any atom is 0.379 e. The number of carboxylic acid groups (broad SMARTS) is 1. The van der Waals surface area contributed by atoms with E-state index in [0.29, 0.717) is 11.3 Å². The molecule has 1 heterocycles. The number of carboxylic acids is 1. The fraction of sp³-hybridized carbons (Fsp3) is 0.167. The van der Waals surface area contributed by atoms with Crippen molar-refractivity contribution in [3.8, 4) is 0 Å². The second kappa shape index (κ2) is 3.40. The van der Waals surface area contributed by atoms with Gasteiger partial charge >= 0.3 is 11.9 Å². The van der Waals surface area contributed by atoms with Crippen molar-refractivity contribution in [2.24, 2.45) is 0 Å². The molecule has 72 valence electrons. The van der Waals surface area contributed by atoms with Crippen molar-refractivity contribution in [1.29, 1.82) is 0 Å². The third-order valence-electron chi connectivity index (χ3n) is 1.26. The number of aliphatic carboxylic acids is 1. The van der Waals surface area contributed by atoms with Gasteiger partial charge in [0.15, 0.2) is 0 Å². The number of carbonyl (C=O) groups is 1. The minimum atomic E-state index is -3.99. The summed E-state index contributed by atoms with van der Waals surface area (Å²) in [5.74, 6) is -6.23. The van der Waals surface area contributed by atoms with Gasteiger partial charge in [-0.05, 0) is 6.07 Å². The van der Waals surface area contributed by atoms with Gasteiger partial charge in [0.1, 0.15) is 4.34 Å². The average Bonchev–Trinajstić information content (AvgIpc) is 2.30. The molecule has 1 aromatic rings. The van der Waals surface area contributed by atoms with Crippen molar-refractivity contribution < 1.29 is 18.7 Å². The lowest BCUT2D eigenvalue weighted by Crippen LogP contribution is -2.24. The Hall–Kier alpha value is -0.390. The zero-order valence-electron chi connectivity index (χ0n) is 5.85. The third-order valence-corrected chi connectivity index (χ3v) is 2.75. The zero-order valence-corrected chi connectivity index (χ0v) is 8.18. The lowest BCUT2D eigenvalue weighted by molar-refractivity contribution is -0.166. The Morgan fingerprint density at radius 1 is 1.54 bits per heavy atom. The van der Waals surface area contributed by atoms with E-state index in [0.717, 1.165) is 6.07 Å². The number of hydrogen-bond donors (Lipinski definition) is 1. The lowest BCUT2D eigenvalue weighted by Gasteiger charge is -2.08. The van der Waals surface area contributed by atoms with E-state index in [1.165, 1.54) is 0 Å². The van der Waals surface area contributed by atoms with Crippen molar-refractivity contribution in [2.75, 3.05) is 0 Å². The Morgan fingerprint density at radius 2 is 2.08 bits per heavy atom. The van der Waals surface area contributed by atoms with Crippen LogP contribution in [0.3, 0.4) is 0 Å². The number of hydrogen-bond acceptors (Lipinski definition) is 2. The molecule has 0 aliphatic carbocycles. The van der Waals surface area contributed by atoms with Crippen LogP contribution < -0.4 is 0 Å². The monoisotopic (exact) mass is 246 g/mol. The molecule has 0 saturated carbocycles. The van der Waals surface area contributed by atoms with Crippen LogP contribution in [0.1, 0.15) is 5.56 Å². The molecule has 13 heavy (non-hydrogen) atoms. The summed E-state index contributed by atoms with van der Waals surface area (Å²) in [6.07, 6.45) is 0. The summed E-state index contributed by atoms with van der Waals surface area (Å²) in [6.45, 7) is 0. The molecule has 0 saturated heterocycles. The summed E-state index contributed by atoms with van der Waals surface area (Å²) in [7, 11) is 0. The molecule has 1 N–H and O–H groups in total. The first-order chi connectivity index (χ1) is 5.85. The SMILES string of the molecule is O=C(O)C(F)(F)c1cc(Cl)sc1Cl. The second-order valence-electron chi connectivity index (χ2n) is 2.12. The van der Waals surface area contributed by atoms with Gasteiger partial charge in [-0.15, -0.1) is 11.3 Å². The molecule has 0 aliphatic rings. The predicted octanol–water partition coefficient (Wildman–Crippen LogP) is 3.23. The van der Waals surface area contributed by atoms with Gasteiger partial charge in [-0.3, -0.25) is 0 Å². The molecule has 0 aromatic carbocycles. The summed E-state index contributed by atoms with van der Waals surface area (Å²) in [4.78, 5) is 10.1. The largest absolute Gasteiger partial charge is 0.477 e. The van der Waals surface area contributed by atoms with E-state index in [1.807, 2.05) is 0 Å². The molecular formula is C6H2Cl2F2O2S. The highest BCUT2D eigenvalue weighted by Gasteiger charge is 2.43. The van der Waals surface area contributed by atoms with E-state index in [1.54, 1.807) is 0 Å². The molecule has 1 rings (SSSR count). The predicted molar refractivity (Wildman–Crippen MR) is 45.9 cm³/mol. The summed E-state index contributed by atoms with van der Waals surface area (Å²) < 4.78 is 25.4. The minimum absolute atomic E-state index is 0.0286. The zero-order chi connectivity index (χ0) is 10.2. The molecule has 0 aliphatic heterocycles. The quantitative estimate of drug-likeness (QED) is 0.870. The first kappa shape index (κ1) is 10.7. The normalized spacial score (nSPS) is 11.7. The van der Waals surface area contributed by atoms with Crippen LogP contribution in [-0.4, -0.2) is 11.1 Å². The van der Waals surface area contributed by atoms with Crippen molar-refractivity contribution >= 4 is 40.5 Å². The van der Waals surface area contributed by atoms with Gasteiger partial charge in [-0.25, -0.2) is 4.79 Å². The Labute approximate surface area is 85.7 Å². The molecule has 0 radical (unpaired) electrons. The van der Waals surface area contributed by atoms with Crippen LogP contribution in [0.4, 0.5) is 8.78 Å². The van der Waals surface area contributed by atoms with Gasteiger partial charge in [0.25, 0.3) is 0 Å². The van der Waals surface area contributed by atoms with E-state index >= 15 is 0 Å². The van der Waals surface area contributed by atoms with E-state index in [2.05, 4.69) is 0 Å². The fourth-order valence-electron chi connectivity index (χ4n) is 0.670. The minimum Gasteiger partial charge on any atom is -0.477 e. The molecule has 0 unspecified atom stereocenters. The van der Waals surface area contributed by atoms with Gasteiger partial charge in [-0.1, -0.05) is 23.2 Å². The Kier molecular flexibility index (Phi) is 2.79. The number of halogens is 4. The molecule has 0 amide bonds. The van der Waals surface area contributed by atoms with Crippen LogP contribution in [0.5, 0.6) is 0 Å². The summed E-state index contributed by atoms with van der Waals surface area (Å²) in [6, 6.07) is 0.850. The molecule has 0 atom stereocenters. The summed E-state index contributed by atoms with van der Waals surface area (Å²) in [5.41, 5.74) is -0.767. The van der Waals surface area contributed by atoms with E-state index in [-0.39, 0.29) is 8.67 Å². The van der Waals surface area contributed by atoms with Crippen LogP contribution in [0, 0.1) is 0 Å². The molecule has 2 nitrogen and oxygen atoms in total. The molecular weight excluding hydrogens is 245 g/mol. The molecule has 1 aromatic heterocycles. The lowest BCUT2D eigenvalue weighted by atomic mass is 10.2. The highest BCUT2D eigenvalue weighted by atomic mass is 35.5. The van der Waals surface area contributed by atoms with Crippen molar-refractivity contribution in [3.63, 3.8) is 0 Å². The van der Waals surface area contributed by atoms with E-state index in [9.17, 15) is 13.6 Å². The number of rotatable bonds is 2. The van der Waals surface area contributed by atoms with Crippen LogP contribution in [-0.2, 0) is 10.7 Å². The van der Waals surface area contributed by atoms with Crippen LogP contribution in [0.25, 0.3) is 0 Å². The summed E-state index contributed by atoms with van der Waals surface area (Å²) >= 11 is 11.4. The van der Waals surface area contributed by atoms with Crippen LogP contribution >= 0.6 is 34.5 Å². The van der Waals surface area contributed by atoms with Crippen molar-refractivity contribution in [2.45, 2.75) is 5.92 Å². The Balaban J connectivity index is 3.21. The van der Waals surface area contributed by atoms with E-state index in [4.69, 9.17) is 28.3 Å². The third kappa shape index (κ3) is 1.92. The first-order valence-electron chi connectivity index (χ1n) is 2.92. The average molecular weight is 247 g/mol. The summed E-state index contributed by atoms with van der Waals surface area (Å²) in [5, 5.41) is 8.18. The molecule has 0 bridgehead atoms. The van der Waals surface area contributed by atoms with Gasteiger partial charge in [0.05, 0.1) is 9.90 Å². The molecule has 0 fully saturated rings. The number of alkyl halides is 2. The smallest absolute Gasteiger partial charge is 0.379 e. The highest BCUT2D eigenvalue weighted by molar-refractivity contribution is 7.20. The van der Waals surface area contributed by atoms with Gasteiger partial charge in [-0.2, -0.15) is 8.78 Å². The topological polar surface area (TPSA) is 37.3 Å². The van der Waals surface area contributed by atoms with Crippen molar-refractivity contribution in [1.82, 2.24) is 0 Å². The Morgan fingerprint density at radius 3 is 2.38 bits per heavy atom. The van der Waals surface area contributed by atoms with Crippen LogP contribution in [0.2, 0.25) is 8.67 Å². The fourth-order valence-corrected chi connectivity index (χ4v) is 2.20. The standard InChI is InChI=1S/C6H2Cl2F2O2S/c7-3-1-2(4(8)13-3)6(9,10)5(11)12/h1H,(H,11,12). The number of thiophene rings is 1. The molecule has 0 spiro atoms.